The first-order chi connectivity index (χ1) is 8.54. The van der Waals surface area contributed by atoms with Gasteiger partial charge in [0.2, 0.25) is 0 Å². The van der Waals surface area contributed by atoms with E-state index >= 15 is 0 Å². The van der Waals surface area contributed by atoms with Crippen LogP contribution in [0.5, 0.6) is 11.8 Å². The third-order valence-electron chi connectivity index (χ3n) is 2.05. The average Bonchev–Trinajstić information content (AvgIpc) is 2.67. The van der Waals surface area contributed by atoms with Crippen molar-refractivity contribution in [2.45, 2.75) is 6.54 Å². The lowest BCUT2D eigenvalue weighted by Crippen LogP contribution is -2.09. The lowest BCUT2D eigenvalue weighted by Gasteiger charge is -2.06. The minimum atomic E-state index is -0.716. The molecule has 0 aliphatic heterocycles. The number of hydrogen-bond donors (Lipinski definition) is 2. The summed E-state index contributed by atoms with van der Waals surface area (Å²) in [6.07, 6.45) is 1.87. The summed E-state index contributed by atoms with van der Waals surface area (Å²) in [7, 11) is 1.19. The summed E-state index contributed by atoms with van der Waals surface area (Å²) in [4.78, 5) is 21.8. The molecule has 0 atom stereocenters. The molecule has 0 aliphatic rings. The second kappa shape index (κ2) is 6.33. The molecule has 7 heteroatoms. The first-order valence-corrected chi connectivity index (χ1v) is 5.05. The van der Waals surface area contributed by atoms with Crippen LogP contribution in [0.2, 0.25) is 0 Å². The van der Waals surface area contributed by atoms with Crippen molar-refractivity contribution < 1.29 is 29.3 Å². The van der Waals surface area contributed by atoms with Crippen molar-refractivity contribution in [3.63, 3.8) is 0 Å². The summed E-state index contributed by atoms with van der Waals surface area (Å²) in [6.45, 7) is 0.0443. The van der Waals surface area contributed by atoms with Crippen molar-refractivity contribution in [3.05, 3.63) is 24.3 Å². The largest absolute Gasteiger partial charge is 0.494 e. The molecule has 0 radical (unpaired) electrons. The fourth-order valence-electron chi connectivity index (χ4n) is 1.17. The maximum Gasteiger partial charge on any atom is 0.331 e. The van der Waals surface area contributed by atoms with Gasteiger partial charge in [0.25, 0.3) is 0 Å². The number of esters is 2. The minimum absolute atomic E-state index is 0.0554. The summed E-state index contributed by atoms with van der Waals surface area (Å²) < 4.78 is 10.2. The second-order valence-corrected chi connectivity index (χ2v) is 3.23. The summed E-state index contributed by atoms with van der Waals surface area (Å²) in [6, 6.07) is 2.63. The molecular formula is C11H13NO6. The van der Waals surface area contributed by atoms with E-state index in [0.717, 1.165) is 16.7 Å². The molecule has 18 heavy (non-hydrogen) atoms. The first kappa shape index (κ1) is 13.6. The van der Waals surface area contributed by atoms with Crippen LogP contribution in [0.25, 0.3) is 0 Å². The molecular weight excluding hydrogens is 242 g/mol. The van der Waals surface area contributed by atoms with Gasteiger partial charge in [0, 0.05) is 24.3 Å². The molecule has 0 aliphatic carbocycles. The van der Waals surface area contributed by atoms with Crippen LogP contribution in [0.1, 0.15) is 0 Å². The molecule has 0 spiro atoms. The third-order valence-corrected chi connectivity index (χ3v) is 2.05. The predicted octanol–water partition coefficient (Wildman–Crippen LogP) is 0.172. The van der Waals surface area contributed by atoms with Crippen LogP contribution in [0.4, 0.5) is 0 Å². The van der Waals surface area contributed by atoms with E-state index in [-0.39, 0.29) is 24.9 Å². The average molecular weight is 255 g/mol. The minimum Gasteiger partial charge on any atom is -0.494 e. The lowest BCUT2D eigenvalue weighted by molar-refractivity contribution is -0.139. The van der Waals surface area contributed by atoms with Crippen LogP contribution in [0.15, 0.2) is 24.3 Å². The summed E-state index contributed by atoms with van der Waals surface area (Å²) >= 11 is 0. The molecule has 1 heterocycles. The lowest BCUT2D eigenvalue weighted by atomic mass is 10.5. The van der Waals surface area contributed by atoms with E-state index in [1.807, 2.05) is 0 Å². The van der Waals surface area contributed by atoms with Crippen LogP contribution < -0.4 is 0 Å². The molecule has 1 aromatic rings. The summed E-state index contributed by atoms with van der Waals surface area (Å²) in [5.41, 5.74) is 0. The Morgan fingerprint density at radius 3 is 2.33 bits per heavy atom. The highest BCUT2D eigenvalue weighted by Crippen LogP contribution is 2.20. The van der Waals surface area contributed by atoms with Gasteiger partial charge in [-0.2, -0.15) is 0 Å². The molecule has 1 rings (SSSR count). The first-order valence-electron chi connectivity index (χ1n) is 5.05. The van der Waals surface area contributed by atoms with Crippen molar-refractivity contribution in [1.29, 1.82) is 0 Å². The number of rotatable bonds is 5. The Morgan fingerprint density at radius 2 is 1.78 bits per heavy atom. The monoisotopic (exact) mass is 255 g/mol. The Bertz CT molecular complexity index is 443. The topological polar surface area (TPSA) is 98.0 Å². The fraction of sp³-hybridized carbons (Fsp3) is 0.273. The van der Waals surface area contributed by atoms with Gasteiger partial charge in [0.05, 0.1) is 13.7 Å². The Hall–Kier alpha value is -2.44. The van der Waals surface area contributed by atoms with Crippen molar-refractivity contribution in [1.82, 2.24) is 4.57 Å². The van der Waals surface area contributed by atoms with E-state index in [1.165, 1.54) is 19.2 Å². The predicted molar refractivity (Wildman–Crippen MR) is 59.9 cm³/mol. The van der Waals surface area contributed by atoms with Crippen LogP contribution >= 0.6 is 0 Å². The number of carbonyl (C=O) groups is 2. The number of aromatic hydroxyl groups is 2. The molecule has 0 aromatic carbocycles. The van der Waals surface area contributed by atoms with E-state index in [0.29, 0.717) is 0 Å². The Labute approximate surface area is 103 Å². The third kappa shape index (κ3) is 3.85. The van der Waals surface area contributed by atoms with Gasteiger partial charge in [-0.1, -0.05) is 0 Å². The van der Waals surface area contributed by atoms with Gasteiger partial charge in [-0.25, -0.2) is 9.59 Å². The van der Waals surface area contributed by atoms with Crippen LogP contribution in [-0.2, 0) is 25.6 Å². The van der Waals surface area contributed by atoms with Gasteiger partial charge >= 0.3 is 11.9 Å². The van der Waals surface area contributed by atoms with E-state index in [9.17, 15) is 19.8 Å². The highest BCUT2D eigenvalue weighted by atomic mass is 16.5. The molecule has 0 fully saturated rings. The van der Waals surface area contributed by atoms with E-state index in [4.69, 9.17) is 4.74 Å². The highest BCUT2D eigenvalue weighted by Gasteiger charge is 2.06. The molecule has 0 saturated carbocycles. The van der Waals surface area contributed by atoms with Gasteiger partial charge in [-0.3, -0.25) is 4.57 Å². The van der Waals surface area contributed by atoms with Crippen molar-refractivity contribution in [2.75, 3.05) is 13.7 Å². The maximum atomic E-state index is 11.1. The summed E-state index contributed by atoms with van der Waals surface area (Å²) in [5, 5.41) is 18.6. The zero-order chi connectivity index (χ0) is 13.5. The maximum absolute atomic E-state index is 11.1. The number of nitrogens with zero attached hydrogens (tertiary/aromatic N) is 1. The quantitative estimate of drug-likeness (QED) is 0.575. The van der Waals surface area contributed by atoms with Crippen molar-refractivity contribution in [3.8, 4) is 11.8 Å². The molecule has 2 N–H and O–H groups in total. The van der Waals surface area contributed by atoms with Gasteiger partial charge in [0.1, 0.15) is 6.61 Å². The van der Waals surface area contributed by atoms with Gasteiger partial charge in [-0.05, 0) is 0 Å². The normalized spacial score (nSPS) is 10.5. The van der Waals surface area contributed by atoms with Crippen molar-refractivity contribution in [2.24, 2.45) is 0 Å². The number of ether oxygens (including phenoxy) is 2. The zero-order valence-electron chi connectivity index (χ0n) is 9.70. The van der Waals surface area contributed by atoms with Gasteiger partial charge in [-0.15, -0.1) is 0 Å². The smallest absolute Gasteiger partial charge is 0.331 e. The zero-order valence-corrected chi connectivity index (χ0v) is 9.70. The van der Waals surface area contributed by atoms with E-state index < -0.39 is 11.9 Å². The number of hydrogen-bond acceptors (Lipinski definition) is 6. The molecule has 0 unspecified atom stereocenters. The van der Waals surface area contributed by atoms with Crippen LogP contribution in [0.3, 0.4) is 0 Å². The number of methoxy groups -OCH3 is 1. The molecule has 1 aromatic heterocycles. The molecule has 98 valence electrons. The molecule has 7 nitrogen and oxygen atoms in total. The Balaban J connectivity index is 2.36. The van der Waals surface area contributed by atoms with Gasteiger partial charge in [0.15, 0.2) is 11.8 Å². The summed E-state index contributed by atoms with van der Waals surface area (Å²) in [5.74, 6) is -1.64. The highest BCUT2D eigenvalue weighted by molar-refractivity contribution is 5.91. The van der Waals surface area contributed by atoms with E-state index in [2.05, 4.69) is 4.74 Å². The SMILES string of the molecule is COC(=O)C=CC(=O)OCCn1c(O)ccc1O. The Kier molecular flexibility index (Phi) is 4.79. The number of carbonyl (C=O) groups excluding carboxylic acids is 2. The van der Waals surface area contributed by atoms with Crippen molar-refractivity contribution >= 4 is 11.9 Å². The van der Waals surface area contributed by atoms with Crippen LogP contribution in [0, 0.1) is 0 Å². The van der Waals surface area contributed by atoms with Crippen LogP contribution in [-0.4, -0.2) is 40.4 Å². The second-order valence-electron chi connectivity index (χ2n) is 3.23. The molecule has 0 amide bonds. The van der Waals surface area contributed by atoms with E-state index in [1.54, 1.807) is 0 Å². The molecule has 0 saturated heterocycles. The van der Waals surface area contributed by atoms with Gasteiger partial charge < -0.3 is 19.7 Å². The number of aromatic nitrogens is 1. The Morgan fingerprint density at radius 1 is 1.22 bits per heavy atom. The fourth-order valence-corrected chi connectivity index (χ4v) is 1.17. The molecule has 0 bridgehead atoms. The standard InChI is InChI=1S/C11H13NO6/c1-17-10(15)4-5-11(16)18-7-6-12-8(13)2-3-9(12)14/h2-5,13-14H,6-7H2,1H3.